The summed E-state index contributed by atoms with van der Waals surface area (Å²) in [5, 5.41) is 4.55. The minimum Gasteiger partial charge on any atom is -0.324 e. The Morgan fingerprint density at radius 1 is 1.24 bits per heavy atom. The lowest BCUT2D eigenvalue weighted by Crippen LogP contribution is -2.44. The van der Waals surface area contributed by atoms with Crippen LogP contribution in [-0.4, -0.2) is 34.8 Å². The van der Waals surface area contributed by atoms with Crippen molar-refractivity contribution in [2.75, 3.05) is 11.9 Å². The number of carbonyl (C=O) groups excluding carboxylic acids is 3. The first-order valence-corrected chi connectivity index (χ1v) is 9.66. The van der Waals surface area contributed by atoms with E-state index in [2.05, 4.69) is 17.6 Å². The Morgan fingerprint density at radius 3 is 2.55 bits per heavy atom. The summed E-state index contributed by atoms with van der Waals surface area (Å²) in [6.45, 7) is 2.95. The van der Waals surface area contributed by atoms with Gasteiger partial charge in [-0.2, -0.15) is 13.2 Å². The number of imide groups is 1. The zero-order valence-electron chi connectivity index (χ0n) is 16.2. The van der Waals surface area contributed by atoms with E-state index in [9.17, 15) is 27.6 Å². The molecule has 0 radical (unpaired) electrons. The molecule has 10 heteroatoms. The predicted molar refractivity (Wildman–Crippen MR) is 102 cm³/mol. The summed E-state index contributed by atoms with van der Waals surface area (Å²) in [5.74, 6) is -1.49. The summed E-state index contributed by atoms with van der Waals surface area (Å²) >= 11 is 5.61. The van der Waals surface area contributed by atoms with Gasteiger partial charge < -0.3 is 10.6 Å². The average Bonchev–Trinajstić information content (AvgIpc) is 2.83. The minimum atomic E-state index is -4.73. The minimum absolute atomic E-state index is 0.136. The van der Waals surface area contributed by atoms with E-state index < -0.39 is 47.4 Å². The van der Waals surface area contributed by atoms with Crippen molar-refractivity contribution >= 4 is 35.1 Å². The molecule has 0 saturated carbocycles. The summed E-state index contributed by atoms with van der Waals surface area (Å²) in [7, 11) is 0. The fourth-order valence-corrected chi connectivity index (χ4v) is 3.33. The maximum absolute atomic E-state index is 13.1. The molecule has 1 atom stereocenters. The maximum atomic E-state index is 13.1. The van der Waals surface area contributed by atoms with Crippen LogP contribution in [0.1, 0.15) is 51.5 Å². The lowest BCUT2D eigenvalue weighted by molar-refractivity contribution is -0.137. The molecule has 0 spiro atoms. The van der Waals surface area contributed by atoms with E-state index in [1.807, 2.05) is 0 Å². The number of alkyl halides is 3. The molecule has 2 N–H and O–H groups in total. The van der Waals surface area contributed by atoms with Gasteiger partial charge in [0, 0.05) is 5.02 Å². The molecule has 0 bridgehead atoms. The average molecular weight is 434 g/mol. The zero-order valence-corrected chi connectivity index (χ0v) is 16.9. The number of anilines is 1. The lowest BCUT2D eigenvalue weighted by atomic mass is 9.94. The molecule has 1 unspecified atom stereocenters. The van der Waals surface area contributed by atoms with Gasteiger partial charge in [0.15, 0.2) is 0 Å². The standard InChI is InChI=1S/C19H23ClF3N3O3/c1-3-4-5-6-9-18(2)16(28)26(17(29)25-18)11-15(27)24-14-8-7-12(20)10-13(14)19(21,22)23/h7-8,10H,3-6,9,11H2,1-2H3,(H,24,27)(H,25,29). The normalized spacial score (nSPS) is 19.4. The largest absolute Gasteiger partial charge is 0.418 e. The van der Waals surface area contributed by atoms with E-state index in [-0.39, 0.29) is 5.02 Å². The van der Waals surface area contributed by atoms with Gasteiger partial charge in [-0.15, -0.1) is 0 Å². The number of halogens is 4. The van der Waals surface area contributed by atoms with Gasteiger partial charge in [-0.1, -0.05) is 44.2 Å². The molecule has 0 aliphatic carbocycles. The third-order valence-corrected chi connectivity index (χ3v) is 4.97. The molecule has 6 nitrogen and oxygen atoms in total. The Morgan fingerprint density at radius 2 is 1.93 bits per heavy atom. The van der Waals surface area contributed by atoms with Crippen molar-refractivity contribution < 1.29 is 27.6 Å². The van der Waals surface area contributed by atoms with Gasteiger partial charge >= 0.3 is 12.2 Å². The van der Waals surface area contributed by atoms with Gasteiger partial charge in [-0.25, -0.2) is 4.79 Å². The number of rotatable bonds is 8. The molecule has 1 aromatic rings. The first kappa shape index (κ1) is 23.0. The number of hydrogen-bond donors (Lipinski definition) is 2. The topological polar surface area (TPSA) is 78.5 Å². The number of amides is 4. The first-order valence-electron chi connectivity index (χ1n) is 9.28. The van der Waals surface area contributed by atoms with E-state index in [0.717, 1.165) is 36.6 Å². The summed E-state index contributed by atoms with van der Waals surface area (Å²) < 4.78 is 39.4. The SMILES string of the molecule is CCCCCCC1(C)NC(=O)N(CC(=O)Nc2ccc(Cl)cc2C(F)(F)F)C1=O. The van der Waals surface area contributed by atoms with Crippen LogP contribution >= 0.6 is 11.6 Å². The Bertz CT molecular complexity index is 801. The van der Waals surface area contributed by atoms with Crippen LogP contribution in [0.3, 0.4) is 0 Å². The molecule has 1 aliphatic heterocycles. The van der Waals surface area contributed by atoms with Crippen LogP contribution in [0.15, 0.2) is 18.2 Å². The highest BCUT2D eigenvalue weighted by atomic mass is 35.5. The van der Waals surface area contributed by atoms with Crippen molar-refractivity contribution in [3.63, 3.8) is 0 Å². The fourth-order valence-electron chi connectivity index (χ4n) is 3.16. The van der Waals surface area contributed by atoms with Crippen LogP contribution in [0.5, 0.6) is 0 Å². The van der Waals surface area contributed by atoms with Crippen molar-refractivity contribution in [1.29, 1.82) is 0 Å². The highest BCUT2D eigenvalue weighted by Crippen LogP contribution is 2.36. The van der Waals surface area contributed by atoms with Crippen molar-refractivity contribution in [3.05, 3.63) is 28.8 Å². The molecule has 2 rings (SSSR count). The third kappa shape index (κ3) is 5.62. The van der Waals surface area contributed by atoms with Crippen LogP contribution in [0.2, 0.25) is 5.02 Å². The van der Waals surface area contributed by atoms with E-state index >= 15 is 0 Å². The summed E-state index contributed by atoms with van der Waals surface area (Å²) in [5.41, 5.74) is -2.74. The van der Waals surface area contributed by atoms with Crippen molar-refractivity contribution in [2.45, 2.75) is 57.7 Å². The number of carbonyl (C=O) groups is 3. The molecular formula is C19H23ClF3N3O3. The van der Waals surface area contributed by atoms with Gasteiger partial charge in [0.2, 0.25) is 5.91 Å². The summed E-state index contributed by atoms with van der Waals surface area (Å²) in [6.07, 6.45) is -0.639. The van der Waals surface area contributed by atoms with Crippen LogP contribution in [0.25, 0.3) is 0 Å². The van der Waals surface area contributed by atoms with Crippen molar-refractivity contribution in [1.82, 2.24) is 10.2 Å². The quantitative estimate of drug-likeness (QED) is 0.465. The Hall–Kier alpha value is -2.29. The monoisotopic (exact) mass is 433 g/mol. The molecule has 1 aromatic carbocycles. The Balaban J connectivity index is 2.06. The first-order chi connectivity index (χ1) is 13.5. The summed E-state index contributed by atoms with van der Waals surface area (Å²) in [6, 6.07) is 2.17. The molecule has 0 aromatic heterocycles. The second-order valence-electron chi connectivity index (χ2n) is 7.20. The smallest absolute Gasteiger partial charge is 0.324 e. The lowest BCUT2D eigenvalue weighted by Gasteiger charge is -2.21. The van der Waals surface area contributed by atoms with E-state index in [4.69, 9.17) is 11.6 Å². The van der Waals surface area contributed by atoms with Crippen LogP contribution in [0, 0.1) is 0 Å². The molecule has 1 fully saturated rings. The van der Waals surface area contributed by atoms with Crippen LogP contribution < -0.4 is 10.6 Å². The molecule has 1 heterocycles. The Kier molecular flexibility index (Phi) is 7.15. The van der Waals surface area contributed by atoms with Crippen LogP contribution in [0.4, 0.5) is 23.7 Å². The number of urea groups is 1. The Labute approximate surface area is 171 Å². The molecule has 160 valence electrons. The summed E-state index contributed by atoms with van der Waals surface area (Å²) in [4.78, 5) is 37.8. The van der Waals surface area contributed by atoms with Gasteiger partial charge in [0.25, 0.3) is 5.91 Å². The van der Waals surface area contributed by atoms with E-state index in [1.54, 1.807) is 6.92 Å². The second-order valence-corrected chi connectivity index (χ2v) is 7.64. The zero-order chi connectivity index (χ0) is 21.8. The highest BCUT2D eigenvalue weighted by molar-refractivity contribution is 6.30. The third-order valence-electron chi connectivity index (χ3n) is 4.74. The predicted octanol–water partition coefficient (Wildman–Crippen LogP) is 4.58. The molecule has 29 heavy (non-hydrogen) atoms. The van der Waals surface area contributed by atoms with Gasteiger partial charge in [0.05, 0.1) is 11.3 Å². The number of benzene rings is 1. The van der Waals surface area contributed by atoms with E-state index in [1.165, 1.54) is 6.07 Å². The van der Waals surface area contributed by atoms with Gasteiger partial charge in [-0.3, -0.25) is 14.5 Å². The number of nitrogens with one attached hydrogen (secondary N) is 2. The molecule has 1 aliphatic rings. The van der Waals surface area contributed by atoms with Crippen molar-refractivity contribution in [2.24, 2.45) is 0 Å². The molecule has 1 saturated heterocycles. The number of hydrogen-bond acceptors (Lipinski definition) is 3. The highest BCUT2D eigenvalue weighted by Gasteiger charge is 2.47. The maximum Gasteiger partial charge on any atom is 0.418 e. The van der Waals surface area contributed by atoms with Gasteiger partial charge in [-0.05, 0) is 31.5 Å². The van der Waals surface area contributed by atoms with Gasteiger partial charge in [0.1, 0.15) is 12.1 Å². The van der Waals surface area contributed by atoms with Crippen LogP contribution in [-0.2, 0) is 15.8 Å². The van der Waals surface area contributed by atoms with E-state index in [0.29, 0.717) is 12.5 Å². The fraction of sp³-hybridized carbons (Fsp3) is 0.526. The second kappa shape index (κ2) is 9.02. The molecular weight excluding hydrogens is 411 g/mol. The number of nitrogens with zero attached hydrogens (tertiary/aromatic N) is 1. The molecule has 4 amide bonds. The van der Waals surface area contributed by atoms with Crippen molar-refractivity contribution in [3.8, 4) is 0 Å². The number of unbranched alkanes of at least 4 members (excludes halogenated alkanes) is 3.